The molecule has 2 aromatic rings. The summed E-state index contributed by atoms with van der Waals surface area (Å²) in [6.45, 7) is 0. The zero-order valence-electron chi connectivity index (χ0n) is 10.1. The molecule has 104 valence electrons. The van der Waals surface area contributed by atoms with Crippen molar-refractivity contribution in [2.45, 2.75) is 0 Å². The molecule has 5 N–H and O–H groups in total. The molecule has 0 aliphatic rings. The Morgan fingerprint density at radius 3 is 2.30 bits per heavy atom. The van der Waals surface area contributed by atoms with E-state index in [4.69, 9.17) is 34.7 Å². The fourth-order valence-corrected chi connectivity index (χ4v) is 2.23. The second-order valence-corrected chi connectivity index (χ2v) is 4.85. The number of nitrogens with one attached hydrogen (secondary N) is 1. The number of carbonyl (C=O) groups excluding carboxylic acids is 1. The van der Waals surface area contributed by atoms with Crippen LogP contribution >= 0.6 is 23.2 Å². The monoisotopic (exact) mass is 313 g/mol. The Balaban J connectivity index is 2.50. The number of nitrogens with two attached hydrogens (primary N) is 2. The molecule has 0 saturated heterocycles. The third-order valence-electron chi connectivity index (χ3n) is 2.58. The maximum absolute atomic E-state index is 13.1. The second kappa shape index (κ2) is 5.56. The van der Waals surface area contributed by atoms with Crippen molar-refractivity contribution in [3.8, 4) is 0 Å². The highest BCUT2D eigenvalue weighted by molar-refractivity contribution is 6.39. The molecule has 0 saturated carbocycles. The topological polar surface area (TPSA) is 81.1 Å². The number of rotatable bonds is 3. The Bertz CT molecular complexity index is 668. The summed E-state index contributed by atoms with van der Waals surface area (Å²) in [7, 11) is 0. The Kier molecular flexibility index (Phi) is 4.01. The highest BCUT2D eigenvalue weighted by Crippen LogP contribution is 2.35. The first kappa shape index (κ1) is 14.4. The Morgan fingerprint density at radius 2 is 1.75 bits per heavy atom. The van der Waals surface area contributed by atoms with Crippen molar-refractivity contribution in [1.82, 2.24) is 0 Å². The summed E-state index contributed by atoms with van der Waals surface area (Å²) < 4.78 is 13.1. The zero-order chi connectivity index (χ0) is 14.9. The van der Waals surface area contributed by atoms with Gasteiger partial charge in [0, 0.05) is 5.69 Å². The molecular formula is C13H10Cl2FN3O. The number of hydrogen-bond donors (Lipinski definition) is 3. The molecule has 0 aliphatic carbocycles. The molecule has 7 heteroatoms. The number of carbonyl (C=O) groups is 1. The smallest absolute Gasteiger partial charge is 0.250 e. The minimum absolute atomic E-state index is 0.0767. The summed E-state index contributed by atoms with van der Waals surface area (Å²) in [5, 5.41) is 3.00. The first-order valence-corrected chi connectivity index (χ1v) is 6.25. The van der Waals surface area contributed by atoms with E-state index in [-0.39, 0.29) is 21.3 Å². The van der Waals surface area contributed by atoms with Crippen LogP contribution in [0.15, 0.2) is 30.3 Å². The molecular weight excluding hydrogens is 304 g/mol. The van der Waals surface area contributed by atoms with Crippen LogP contribution in [0.1, 0.15) is 10.4 Å². The van der Waals surface area contributed by atoms with Gasteiger partial charge in [-0.25, -0.2) is 4.39 Å². The summed E-state index contributed by atoms with van der Waals surface area (Å²) in [5.74, 6) is -1.20. The van der Waals surface area contributed by atoms with Crippen molar-refractivity contribution < 1.29 is 9.18 Å². The summed E-state index contributed by atoms with van der Waals surface area (Å²) in [5.41, 5.74) is 12.2. The van der Waals surface area contributed by atoms with E-state index in [0.29, 0.717) is 11.4 Å². The number of hydrogen-bond acceptors (Lipinski definition) is 3. The quantitative estimate of drug-likeness (QED) is 0.758. The Labute approximate surface area is 124 Å². The van der Waals surface area contributed by atoms with Gasteiger partial charge in [0.05, 0.1) is 27.0 Å². The van der Waals surface area contributed by atoms with E-state index in [2.05, 4.69) is 5.32 Å². The molecule has 4 nitrogen and oxygen atoms in total. The molecule has 0 heterocycles. The van der Waals surface area contributed by atoms with Gasteiger partial charge in [-0.3, -0.25) is 4.79 Å². The van der Waals surface area contributed by atoms with E-state index in [1.165, 1.54) is 12.1 Å². The van der Waals surface area contributed by atoms with Crippen LogP contribution < -0.4 is 16.8 Å². The van der Waals surface area contributed by atoms with Gasteiger partial charge in [0.25, 0.3) is 5.91 Å². The van der Waals surface area contributed by atoms with Crippen molar-refractivity contribution in [2.24, 2.45) is 5.73 Å². The van der Waals surface area contributed by atoms with Crippen LogP contribution in [0, 0.1) is 5.82 Å². The number of primary amides is 1. The molecule has 0 atom stereocenters. The molecule has 0 bridgehead atoms. The number of benzene rings is 2. The van der Waals surface area contributed by atoms with E-state index in [0.717, 1.165) is 12.1 Å². The predicted octanol–water partition coefficient (Wildman–Crippen LogP) is 3.56. The van der Waals surface area contributed by atoms with Gasteiger partial charge < -0.3 is 16.8 Å². The van der Waals surface area contributed by atoms with Crippen LogP contribution in [0.5, 0.6) is 0 Å². The van der Waals surface area contributed by atoms with Gasteiger partial charge in [-0.2, -0.15) is 0 Å². The van der Waals surface area contributed by atoms with Crippen molar-refractivity contribution in [1.29, 1.82) is 0 Å². The number of anilines is 3. The average Bonchev–Trinajstić information content (AvgIpc) is 2.33. The normalized spacial score (nSPS) is 10.3. The van der Waals surface area contributed by atoms with Gasteiger partial charge in [-0.05, 0) is 30.3 Å². The van der Waals surface area contributed by atoms with Crippen LogP contribution in [0.2, 0.25) is 10.0 Å². The average molecular weight is 314 g/mol. The maximum Gasteiger partial charge on any atom is 0.250 e. The van der Waals surface area contributed by atoms with E-state index in [9.17, 15) is 9.18 Å². The minimum atomic E-state index is -0.637. The third kappa shape index (κ3) is 2.95. The van der Waals surface area contributed by atoms with Crippen LogP contribution in [0.4, 0.5) is 21.5 Å². The first-order chi connectivity index (χ1) is 9.38. The van der Waals surface area contributed by atoms with Gasteiger partial charge in [0.15, 0.2) is 0 Å². The lowest BCUT2D eigenvalue weighted by Gasteiger charge is -2.13. The van der Waals surface area contributed by atoms with Gasteiger partial charge in [-0.1, -0.05) is 23.2 Å². The number of nitrogen functional groups attached to an aromatic ring is 1. The van der Waals surface area contributed by atoms with Crippen LogP contribution in [0.3, 0.4) is 0 Å². The molecule has 2 aromatic carbocycles. The standard InChI is InChI=1S/C13H10Cl2FN3O/c14-9-3-6(16)4-10(15)12(9)19-11-5-7(17)1-2-8(11)13(18)20/h1-5,19H,17H2,(H2,18,20). The summed E-state index contributed by atoms with van der Waals surface area (Å²) in [6.07, 6.45) is 0. The molecule has 1 amide bonds. The zero-order valence-corrected chi connectivity index (χ0v) is 11.6. The minimum Gasteiger partial charge on any atom is -0.399 e. The third-order valence-corrected chi connectivity index (χ3v) is 3.17. The largest absolute Gasteiger partial charge is 0.399 e. The molecule has 2 rings (SSSR count). The fraction of sp³-hybridized carbons (Fsp3) is 0. The first-order valence-electron chi connectivity index (χ1n) is 5.49. The fourth-order valence-electron chi connectivity index (χ4n) is 1.68. The van der Waals surface area contributed by atoms with Crippen LogP contribution in [0.25, 0.3) is 0 Å². The highest BCUT2D eigenvalue weighted by atomic mass is 35.5. The van der Waals surface area contributed by atoms with Gasteiger partial charge >= 0.3 is 0 Å². The SMILES string of the molecule is NC(=O)c1ccc(N)cc1Nc1c(Cl)cc(F)cc1Cl. The van der Waals surface area contributed by atoms with Crippen LogP contribution in [-0.4, -0.2) is 5.91 Å². The van der Waals surface area contributed by atoms with Crippen molar-refractivity contribution in [3.63, 3.8) is 0 Å². The van der Waals surface area contributed by atoms with Gasteiger partial charge in [-0.15, -0.1) is 0 Å². The van der Waals surface area contributed by atoms with E-state index in [1.807, 2.05) is 0 Å². The Hall–Kier alpha value is -1.98. The van der Waals surface area contributed by atoms with E-state index >= 15 is 0 Å². The number of amides is 1. The molecule has 0 spiro atoms. The summed E-state index contributed by atoms with van der Waals surface area (Å²) in [6, 6.07) is 6.73. The van der Waals surface area contributed by atoms with Crippen molar-refractivity contribution in [3.05, 3.63) is 51.8 Å². The lowest BCUT2D eigenvalue weighted by molar-refractivity contribution is 0.100. The molecule has 0 radical (unpaired) electrons. The summed E-state index contributed by atoms with van der Waals surface area (Å²) in [4.78, 5) is 11.4. The highest BCUT2D eigenvalue weighted by Gasteiger charge is 2.13. The van der Waals surface area contributed by atoms with Crippen LogP contribution in [-0.2, 0) is 0 Å². The molecule has 0 aromatic heterocycles. The van der Waals surface area contributed by atoms with Crippen molar-refractivity contribution in [2.75, 3.05) is 11.1 Å². The summed E-state index contributed by atoms with van der Waals surface area (Å²) >= 11 is 11.8. The predicted molar refractivity (Wildman–Crippen MR) is 79.1 cm³/mol. The maximum atomic E-state index is 13.1. The van der Waals surface area contributed by atoms with E-state index in [1.54, 1.807) is 6.07 Å². The molecule has 0 fully saturated rings. The molecule has 0 aliphatic heterocycles. The molecule has 0 unspecified atom stereocenters. The van der Waals surface area contributed by atoms with Gasteiger partial charge in [0.2, 0.25) is 0 Å². The van der Waals surface area contributed by atoms with Crippen molar-refractivity contribution >= 4 is 46.2 Å². The van der Waals surface area contributed by atoms with Gasteiger partial charge in [0.1, 0.15) is 5.82 Å². The number of halogens is 3. The second-order valence-electron chi connectivity index (χ2n) is 4.04. The van der Waals surface area contributed by atoms with E-state index < -0.39 is 11.7 Å². The molecule has 20 heavy (non-hydrogen) atoms. The lowest BCUT2D eigenvalue weighted by atomic mass is 10.1. The lowest BCUT2D eigenvalue weighted by Crippen LogP contribution is -2.13. The Morgan fingerprint density at radius 1 is 1.15 bits per heavy atom.